The maximum Gasteiger partial charge on any atom is 0.275 e. The quantitative estimate of drug-likeness (QED) is 0.404. The van der Waals surface area contributed by atoms with E-state index in [1.54, 1.807) is 18.2 Å². The van der Waals surface area contributed by atoms with Gasteiger partial charge in [0.25, 0.3) is 5.91 Å². The van der Waals surface area contributed by atoms with Gasteiger partial charge in [-0.1, -0.05) is 18.2 Å². The summed E-state index contributed by atoms with van der Waals surface area (Å²) >= 11 is 0. The number of nitrogens with two attached hydrogens (primary N) is 1. The zero-order valence-corrected chi connectivity index (χ0v) is 7.24. The first-order valence-corrected chi connectivity index (χ1v) is 4.02. The highest BCUT2D eigenvalue weighted by Gasteiger charge is 2.25. The molecule has 0 bridgehead atoms. The zero-order valence-electron chi connectivity index (χ0n) is 7.24. The molecule has 1 heterocycles. The van der Waals surface area contributed by atoms with E-state index in [1.807, 2.05) is 6.07 Å². The number of aliphatic imine (C=N–C) groups is 1. The van der Waals surface area contributed by atoms with Crippen molar-refractivity contribution in [2.75, 3.05) is 5.32 Å². The number of benzene rings is 1. The SMILES string of the molecule is N=C(N)/N=C1\C(=O)Nc2ccccc21. The summed E-state index contributed by atoms with van der Waals surface area (Å²) in [5.74, 6) is -0.687. The summed E-state index contributed by atoms with van der Waals surface area (Å²) in [6, 6.07) is 7.15. The van der Waals surface area contributed by atoms with Crippen LogP contribution < -0.4 is 11.1 Å². The van der Waals surface area contributed by atoms with Gasteiger partial charge in [0.2, 0.25) is 5.96 Å². The minimum atomic E-state index is -0.369. The summed E-state index contributed by atoms with van der Waals surface area (Å²) in [6.45, 7) is 0. The van der Waals surface area contributed by atoms with Crippen LogP contribution in [0.3, 0.4) is 0 Å². The van der Waals surface area contributed by atoms with Crippen LogP contribution in [0.15, 0.2) is 29.3 Å². The van der Waals surface area contributed by atoms with Crippen molar-refractivity contribution in [1.29, 1.82) is 5.41 Å². The molecule has 4 N–H and O–H groups in total. The maximum atomic E-state index is 11.4. The van der Waals surface area contributed by atoms with Crippen molar-refractivity contribution >= 4 is 23.3 Å². The van der Waals surface area contributed by atoms with Gasteiger partial charge in [0.15, 0.2) is 0 Å². The van der Waals surface area contributed by atoms with Gasteiger partial charge in [0, 0.05) is 5.56 Å². The van der Waals surface area contributed by atoms with Gasteiger partial charge in [-0.05, 0) is 6.07 Å². The van der Waals surface area contributed by atoms with Crippen LogP contribution in [0.2, 0.25) is 0 Å². The second kappa shape index (κ2) is 2.95. The van der Waals surface area contributed by atoms with E-state index < -0.39 is 0 Å². The maximum absolute atomic E-state index is 11.4. The second-order valence-corrected chi connectivity index (χ2v) is 2.85. The predicted molar refractivity (Wildman–Crippen MR) is 53.5 cm³/mol. The van der Waals surface area contributed by atoms with Gasteiger partial charge in [0.1, 0.15) is 5.71 Å². The van der Waals surface area contributed by atoms with Gasteiger partial charge in [0.05, 0.1) is 5.69 Å². The summed E-state index contributed by atoms with van der Waals surface area (Å²) in [4.78, 5) is 15.0. The molecule has 14 heavy (non-hydrogen) atoms. The Labute approximate surface area is 80.2 Å². The number of anilines is 1. The van der Waals surface area contributed by atoms with Crippen molar-refractivity contribution in [2.45, 2.75) is 0 Å². The van der Waals surface area contributed by atoms with Gasteiger partial charge in [-0.2, -0.15) is 0 Å². The Balaban J connectivity index is 2.55. The van der Waals surface area contributed by atoms with Crippen molar-refractivity contribution in [3.05, 3.63) is 29.8 Å². The average molecular weight is 188 g/mol. The van der Waals surface area contributed by atoms with E-state index in [1.165, 1.54) is 0 Å². The van der Waals surface area contributed by atoms with Crippen molar-refractivity contribution < 1.29 is 4.79 Å². The molecule has 70 valence electrons. The Morgan fingerprint density at radius 1 is 1.43 bits per heavy atom. The first kappa shape index (κ1) is 8.43. The number of rotatable bonds is 0. The van der Waals surface area contributed by atoms with E-state index in [2.05, 4.69) is 10.3 Å². The number of hydrogen-bond acceptors (Lipinski definition) is 2. The van der Waals surface area contributed by atoms with Crippen LogP contribution in [0.1, 0.15) is 5.56 Å². The fourth-order valence-electron chi connectivity index (χ4n) is 1.33. The molecule has 0 aliphatic carbocycles. The molecule has 1 aromatic rings. The van der Waals surface area contributed by atoms with Crippen molar-refractivity contribution in [3.63, 3.8) is 0 Å². The van der Waals surface area contributed by atoms with Gasteiger partial charge < -0.3 is 11.1 Å². The third kappa shape index (κ3) is 1.24. The number of carbonyl (C=O) groups excluding carboxylic acids is 1. The van der Waals surface area contributed by atoms with E-state index in [0.29, 0.717) is 11.3 Å². The largest absolute Gasteiger partial charge is 0.368 e. The highest BCUT2D eigenvalue weighted by molar-refractivity contribution is 6.54. The number of para-hydroxylation sites is 1. The number of carbonyl (C=O) groups is 1. The molecule has 1 aromatic carbocycles. The summed E-state index contributed by atoms with van der Waals surface area (Å²) in [6.07, 6.45) is 0. The monoisotopic (exact) mass is 188 g/mol. The molecule has 0 radical (unpaired) electrons. The number of fused-ring (bicyclic) bond motifs is 1. The first-order chi connectivity index (χ1) is 6.68. The van der Waals surface area contributed by atoms with E-state index >= 15 is 0 Å². The highest BCUT2D eigenvalue weighted by Crippen LogP contribution is 2.22. The van der Waals surface area contributed by atoms with Gasteiger partial charge in [-0.3, -0.25) is 10.2 Å². The smallest absolute Gasteiger partial charge is 0.275 e. The lowest BCUT2D eigenvalue weighted by Gasteiger charge is -1.94. The minimum Gasteiger partial charge on any atom is -0.368 e. The number of guanidine groups is 1. The zero-order chi connectivity index (χ0) is 10.1. The first-order valence-electron chi connectivity index (χ1n) is 4.02. The molecule has 2 rings (SSSR count). The fraction of sp³-hybridized carbons (Fsp3) is 0. The fourth-order valence-corrected chi connectivity index (χ4v) is 1.33. The topological polar surface area (TPSA) is 91.3 Å². The third-order valence-electron chi connectivity index (χ3n) is 1.88. The Hall–Kier alpha value is -2.17. The van der Waals surface area contributed by atoms with Crippen LogP contribution in [-0.2, 0) is 4.79 Å². The Kier molecular flexibility index (Phi) is 1.78. The van der Waals surface area contributed by atoms with Crippen LogP contribution in [0.5, 0.6) is 0 Å². The number of hydrogen-bond donors (Lipinski definition) is 3. The molecular weight excluding hydrogens is 180 g/mol. The standard InChI is InChI=1S/C9H8N4O/c10-9(11)13-7-5-3-1-2-4-6(5)12-8(7)14/h1-4H,(H4,10,11,12,13,14). The molecule has 0 spiro atoms. The number of amides is 1. The summed E-state index contributed by atoms with van der Waals surface area (Å²) in [5, 5.41) is 9.63. The molecule has 1 aliphatic heterocycles. The summed E-state index contributed by atoms with van der Waals surface area (Å²) in [5.41, 5.74) is 6.70. The van der Waals surface area contributed by atoms with Crippen LogP contribution in [-0.4, -0.2) is 17.6 Å². The van der Waals surface area contributed by atoms with Crippen molar-refractivity contribution in [2.24, 2.45) is 10.7 Å². The lowest BCUT2D eigenvalue weighted by atomic mass is 10.1. The molecule has 0 unspecified atom stereocenters. The van der Waals surface area contributed by atoms with E-state index in [0.717, 1.165) is 0 Å². The Morgan fingerprint density at radius 2 is 2.14 bits per heavy atom. The van der Waals surface area contributed by atoms with E-state index in [9.17, 15) is 4.79 Å². The van der Waals surface area contributed by atoms with Crippen LogP contribution in [0.4, 0.5) is 5.69 Å². The molecule has 0 aromatic heterocycles. The lowest BCUT2D eigenvalue weighted by molar-refractivity contribution is -0.110. The molecular formula is C9H8N4O. The second-order valence-electron chi connectivity index (χ2n) is 2.85. The number of nitrogens with one attached hydrogen (secondary N) is 2. The molecule has 1 amide bonds. The minimum absolute atomic E-state index is 0.202. The van der Waals surface area contributed by atoms with Crippen molar-refractivity contribution in [3.8, 4) is 0 Å². The predicted octanol–water partition coefficient (Wildman–Crippen LogP) is 0.321. The molecule has 0 fully saturated rings. The Bertz CT molecular complexity index is 450. The molecule has 0 saturated heterocycles. The normalized spacial score (nSPS) is 16.6. The molecule has 5 heteroatoms. The molecule has 1 aliphatic rings. The lowest BCUT2D eigenvalue weighted by Crippen LogP contribution is -2.18. The van der Waals surface area contributed by atoms with E-state index in [-0.39, 0.29) is 17.6 Å². The van der Waals surface area contributed by atoms with Crippen LogP contribution in [0, 0.1) is 5.41 Å². The van der Waals surface area contributed by atoms with Gasteiger partial charge in [-0.15, -0.1) is 0 Å². The third-order valence-corrected chi connectivity index (χ3v) is 1.88. The van der Waals surface area contributed by atoms with Gasteiger partial charge in [-0.25, -0.2) is 4.99 Å². The summed E-state index contributed by atoms with van der Waals surface area (Å²) in [7, 11) is 0. The Morgan fingerprint density at radius 3 is 2.86 bits per heavy atom. The molecule has 0 atom stereocenters. The average Bonchev–Trinajstić information content (AvgIpc) is 2.43. The van der Waals surface area contributed by atoms with Crippen molar-refractivity contribution in [1.82, 2.24) is 0 Å². The molecule has 0 saturated carbocycles. The van der Waals surface area contributed by atoms with Crippen LogP contribution in [0.25, 0.3) is 0 Å². The van der Waals surface area contributed by atoms with Gasteiger partial charge >= 0.3 is 0 Å². The summed E-state index contributed by atoms with van der Waals surface area (Å²) < 4.78 is 0. The van der Waals surface area contributed by atoms with Crippen LogP contribution >= 0.6 is 0 Å². The highest BCUT2D eigenvalue weighted by atomic mass is 16.2. The molecule has 5 nitrogen and oxygen atoms in total. The van der Waals surface area contributed by atoms with E-state index in [4.69, 9.17) is 11.1 Å². The number of nitrogens with zero attached hydrogens (tertiary/aromatic N) is 1.